The maximum atomic E-state index is 2.60. The highest BCUT2D eigenvalue weighted by Gasteiger charge is 2.27. The highest BCUT2D eigenvalue weighted by atomic mass is 15.0. The van der Waals surface area contributed by atoms with Gasteiger partial charge in [-0.05, 0) is 133 Å². The van der Waals surface area contributed by atoms with Gasteiger partial charge in [0, 0.05) is 21.5 Å². The average Bonchev–Trinajstić information content (AvgIpc) is 4.00. The molecule has 0 bridgehead atoms. The van der Waals surface area contributed by atoms with Crippen LogP contribution in [0.3, 0.4) is 0 Å². The summed E-state index contributed by atoms with van der Waals surface area (Å²) >= 11 is 0. The summed E-state index contributed by atoms with van der Waals surface area (Å²) in [5, 5.41) is 20.2. The van der Waals surface area contributed by atoms with Gasteiger partial charge < -0.3 is 8.80 Å². The van der Waals surface area contributed by atoms with Gasteiger partial charge in [-0.1, -0.05) is 231 Å². The van der Waals surface area contributed by atoms with E-state index >= 15 is 0 Å². The minimum absolute atomic E-state index is 1.20. The van der Waals surface area contributed by atoms with Crippen LogP contribution in [0.4, 0.5) is 0 Å². The second-order valence-electron chi connectivity index (χ2n) is 20.2. The van der Waals surface area contributed by atoms with Crippen LogP contribution in [0.25, 0.3) is 164 Å². The van der Waals surface area contributed by atoms with Gasteiger partial charge in [0.25, 0.3) is 0 Å². The Bertz CT molecular complexity index is 4790. The van der Waals surface area contributed by atoms with E-state index in [1.807, 2.05) is 0 Å². The summed E-state index contributed by atoms with van der Waals surface area (Å²) in [6.07, 6.45) is 0. The number of fused-ring (bicyclic) bond motifs is 16. The van der Waals surface area contributed by atoms with Gasteiger partial charge in [-0.3, -0.25) is 0 Å². The third kappa shape index (κ3) is 5.18. The third-order valence-electron chi connectivity index (χ3n) is 16.6. The number of hydrogen-bond donors (Lipinski definition) is 0. The van der Waals surface area contributed by atoms with E-state index in [-0.39, 0.29) is 0 Å². The van der Waals surface area contributed by atoms with Gasteiger partial charge in [0.2, 0.25) is 0 Å². The minimum atomic E-state index is 1.20. The summed E-state index contributed by atoms with van der Waals surface area (Å²) < 4.78 is 5.21. The van der Waals surface area contributed by atoms with Crippen molar-refractivity contribution < 1.29 is 0 Å². The smallest absolute Gasteiger partial charge is 0.0783 e. The molecule has 0 radical (unpaired) electrons. The Morgan fingerprint density at radius 1 is 0.189 bits per heavy atom. The number of aromatic nitrogens is 2. The first kappa shape index (κ1) is 39.9. The van der Waals surface area contributed by atoms with Crippen LogP contribution in [0.15, 0.2) is 255 Å². The van der Waals surface area contributed by atoms with Gasteiger partial charge in [0.15, 0.2) is 0 Å². The van der Waals surface area contributed by atoms with E-state index in [9.17, 15) is 0 Å². The summed E-state index contributed by atoms with van der Waals surface area (Å²) in [6, 6.07) is 95.3. The Morgan fingerprint density at radius 3 is 0.797 bits per heavy atom. The second kappa shape index (κ2) is 14.9. The topological polar surface area (TPSA) is 8.82 Å². The predicted octanol–water partition coefficient (Wildman–Crippen LogP) is 19.8. The first-order valence-electron chi connectivity index (χ1n) is 25.8. The molecule has 17 aromatic rings. The molecule has 17 rings (SSSR count). The zero-order chi connectivity index (χ0) is 48.2. The van der Waals surface area contributed by atoms with Crippen LogP contribution in [0.1, 0.15) is 0 Å². The first-order chi connectivity index (χ1) is 36.8. The zero-order valence-electron chi connectivity index (χ0n) is 40.1. The summed E-state index contributed by atoms with van der Waals surface area (Å²) in [5.41, 5.74) is 17.3. The zero-order valence-corrected chi connectivity index (χ0v) is 40.1. The normalized spacial score (nSPS) is 12.3. The van der Waals surface area contributed by atoms with Crippen molar-refractivity contribution in [1.29, 1.82) is 0 Å². The van der Waals surface area contributed by atoms with Crippen LogP contribution in [-0.4, -0.2) is 8.80 Å². The summed E-state index contributed by atoms with van der Waals surface area (Å²) in [7, 11) is 0. The fourth-order valence-corrected chi connectivity index (χ4v) is 13.8. The molecule has 0 amide bonds. The monoisotopic (exact) mass is 934 g/mol. The van der Waals surface area contributed by atoms with Crippen molar-refractivity contribution in [1.82, 2.24) is 8.80 Å². The van der Waals surface area contributed by atoms with Gasteiger partial charge in [-0.25, -0.2) is 0 Å². The molecule has 14 aromatic carbocycles. The number of rotatable bonds is 4. The molecule has 0 N–H and O–H groups in total. The second-order valence-corrected chi connectivity index (χ2v) is 20.2. The molecule has 74 heavy (non-hydrogen) atoms. The Balaban J connectivity index is 1.03. The lowest BCUT2D eigenvalue weighted by Gasteiger charge is -2.19. The molecule has 0 unspecified atom stereocenters. The molecule has 3 aromatic heterocycles. The summed E-state index contributed by atoms with van der Waals surface area (Å²) in [5.74, 6) is 0. The molecule has 0 atom stereocenters. The highest BCUT2D eigenvalue weighted by Crippen LogP contribution is 2.52. The Hall–Kier alpha value is -9.76. The van der Waals surface area contributed by atoms with Crippen molar-refractivity contribution in [3.63, 3.8) is 0 Å². The van der Waals surface area contributed by atoms with E-state index in [0.29, 0.717) is 0 Å². The van der Waals surface area contributed by atoms with Crippen molar-refractivity contribution in [2.45, 2.75) is 0 Å². The lowest BCUT2D eigenvalue weighted by Crippen LogP contribution is -1.97. The lowest BCUT2D eigenvalue weighted by molar-refractivity contribution is 1.26. The highest BCUT2D eigenvalue weighted by molar-refractivity contribution is 6.34. The molecular formula is C72H42N2. The largest absolute Gasteiger partial charge is 0.305 e. The lowest BCUT2D eigenvalue weighted by atomic mass is 9.84. The van der Waals surface area contributed by atoms with Crippen LogP contribution >= 0.6 is 0 Å². The molecule has 0 saturated heterocycles. The minimum Gasteiger partial charge on any atom is -0.305 e. The molecular weight excluding hydrogens is 893 g/mol. The molecule has 0 aliphatic heterocycles. The van der Waals surface area contributed by atoms with Gasteiger partial charge in [0.1, 0.15) is 0 Å². The van der Waals surface area contributed by atoms with Crippen molar-refractivity contribution in [3.8, 4) is 44.5 Å². The maximum Gasteiger partial charge on any atom is 0.0783 e. The van der Waals surface area contributed by atoms with E-state index in [1.54, 1.807) is 0 Å². The van der Waals surface area contributed by atoms with Crippen LogP contribution < -0.4 is 0 Å². The van der Waals surface area contributed by atoms with Crippen LogP contribution in [0.2, 0.25) is 0 Å². The molecule has 0 aliphatic carbocycles. The predicted molar refractivity (Wildman–Crippen MR) is 316 cm³/mol. The quantitative estimate of drug-likeness (QED) is 0.156. The first-order valence-corrected chi connectivity index (χ1v) is 25.8. The van der Waals surface area contributed by atoms with E-state index in [0.717, 1.165) is 0 Å². The molecule has 0 spiro atoms. The number of hydrogen-bond acceptors (Lipinski definition) is 0. The van der Waals surface area contributed by atoms with Gasteiger partial charge in [-0.15, -0.1) is 0 Å². The van der Waals surface area contributed by atoms with Crippen LogP contribution in [0, 0.1) is 0 Å². The van der Waals surface area contributed by atoms with Crippen molar-refractivity contribution in [2.24, 2.45) is 0 Å². The Morgan fingerprint density at radius 2 is 0.459 bits per heavy atom. The number of benzene rings is 14. The molecule has 2 nitrogen and oxygen atoms in total. The third-order valence-corrected chi connectivity index (χ3v) is 16.6. The number of nitrogens with zero attached hydrogens (tertiary/aromatic N) is 2. The van der Waals surface area contributed by atoms with Gasteiger partial charge >= 0.3 is 0 Å². The standard InChI is InChI=1S/C72H42N2/c1-3-21-43(22-4-1)65-49-29-11-15-33-53(49)67(54-34-16-12-30-50(54)65)59-41-63-69(47-27-9-7-25-45(47)59)57-37-19-40-62-71(57)73(63)61-39-20-38-58-70-48-28-10-8-26-46(48)60(42-64(70)74(62)72(58)61)68-55-35-17-13-31-51(55)66(44-23-5-2-6-24-44)52-32-14-18-36-56(52)68/h1-42H. The Labute approximate surface area is 425 Å². The van der Waals surface area contributed by atoms with E-state index < -0.39 is 0 Å². The molecule has 0 fully saturated rings. The van der Waals surface area contributed by atoms with E-state index in [2.05, 4.69) is 264 Å². The molecule has 3 heterocycles. The Kier molecular flexibility index (Phi) is 8.03. The fourth-order valence-electron chi connectivity index (χ4n) is 13.8. The van der Waals surface area contributed by atoms with Crippen LogP contribution in [-0.2, 0) is 0 Å². The van der Waals surface area contributed by atoms with Crippen molar-refractivity contribution in [2.75, 3.05) is 0 Å². The van der Waals surface area contributed by atoms with Gasteiger partial charge in [-0.2, -0.15) is 0 Å². The van der Waals surface area contributed by atoms with Gasteiger partial charge in [0.05, 0.1) is 33.1 Å². The molecule has 0 aliphatic rings. The molecule has 340 valence electrons. The maximum absolute atomic E-state index is 2.60. The average molecular weight is 935 g/mol. The summed E-state index contributed by atoms with van der Waals surface area (Å²) in [6.45, 7) is 0. The summed E-state index contributed by atoms with van der Waals surface area (Å²) in [4.78, 5) is 0. The van der Waals surface area contributed by atoms with Crippen molar-refractivity contribution >= 4 is 119 Å². The van der Waals surface area contributed by atoms with E-state index in [4.69, 9.17) is 0 Å². The fraction of sp³-hybridized carbons (Fsp3) is 0. The number of para-hydroxylation sites is 2. The molecule has 0 saturated carbocycles. The van der Waals surface area contributed by atoms with E-state index in [1.165, 1.54) is 164 Å². The van der Waals surface area contributed by atoms with Crippen LogP contribution in [0.5, 0.6) is 0 Å². The van der Waals surface area contributed by atoms with Crippen molar-refractivity contribution in [3.05, 3.63) is 255 Å². The molecule has 2 heteroatoms. The SMILES string of the molecule is c1ccc(-c2c3ccccc3c(-c3cc4c(c5ccccc35)c3cccc5c3n4c3cccc4c6c7ccccc7c(-c7c8ccccc8c(-c8ccccc8)c8ccccc78)cc6n5c43)c3ccccc23)cc1.